The number of aromatic hydroxyl groups is 2. The zero-order valence-corrected chi connectivity index (χ0v) is 26.5. The van der Waals surface area contributed by atoms with Crippen molar-refractivity contribution >= 4 is 29.9 Å². The zero-order chi connectivity index (χ0) is 36.9. The maximum Gasteiger partial charge on any atom is 0.338 e. The first-order valence-electron chi connectivity index (χ1n) is 14.0. The third-order valence-corrected chi connectivity index (χ3v) is 5.79. The molecule has 0 radical (unpaired) electrons. The van der Waals surface area contributed by atoms with E-state index in [1.165, 1.54) is 62.6 Å². The average Bonchev–Trinajstić information content (AvgIpc) is 3.33. The monoisotopic (exact) mass is 686 g/mol. The quantitative estimate of drug-likeness (QED) is 0.0780. The lowest BCUT2D eigenvalue weighted by molar-refractivity contribution is -0.147. The number of ether oxygens (including phenoxy) is 2. The van der Waals surface area contributed by atoms with Gasteiger partial charge in [0.2, 0.25) is 5.66 Å². The number of phenolic OH excluding ortho intramolecular Hbond substituents is 2. The average molecular weight is 687 g/mol. The summed E-state index contributed by atoms with van der Waals surface area (Å²) in [5, 5.41) is 73.7. The number of nitrogens with zero attached hydrogens (tertiary/aromatic N) is 2. The third-order valence-electron chi connectivity index (χ3n) is 5.79. The van der Waals surface area contributed by atoms with E-state index in [2.05, 4.69) is 4.74 Å². The van der Waals surface area contributed by atoms with Crippen LogP contribution in [-0.4, -0.2) is 139 Å². The molecule has 1 aliphatic rings. The summed E-state index contributed by atoms with van der Waals surface area (Å²) in [6.45, 7) is -0.0927. The van der Waals surface area contributed by atoms with Crippen molar-refractivity contribution in [3.8, 4) is 11.5 Å². The molecule has 10 N–H and O–H groups in total. The predicted octanol–water partition coefficient (Wildman–Crippen LogP) is -1.41. The van der Waals surface area contributed by atoms with Crippen LogP contribution in [0.4, 0.5) is 9.59 Å². The highest BCUT2D eigenvalue weighted by atomic mass is 16.5. The number of aliphatic hydroxyl groups excluding tert-OH is 6. The number of hydrogen-bond acceptors (Lipinski definition) is 15. The van der Waals surface area contributed by atoms with Crippen LogP contribution in [0.25, 0.3) is 0 Å². The van der Waals surface area contributed by atoms with Crippen molar-refractivity contribution in [3.05, 3.63) is 59.7 Å². The largest absolute Gasteiger partial charge is 0.508 e. The Morgan fingerprint density at radius 3 is 1.75 bits per heavy atom. The Kier molecular flexibility index (Phi) is 20.1. The first-order valence-corrected chi connectivity index (χ1v) is 14.0. The first-order chi connectivity index (χ1) is 22.7. The molecule has 0 bridgehead atoms. The summed E-state index contributed by atoms with van der Waals surface area (Å²) in [4.78, 5) is 57.7. The van der Waals surface area contributed by atoms with Crippen LogP contribution in [-0.2, 0) is 14.3 Å². The van der Waals surface area contributed by atoms with Gasteiger partial charge in [-0.3, -0.25) is 19.9 Å². The van der Waals surface area contributed by atoms with Gasteiger partial charge in [-0.25, -0.2) is 19.2 Å². The number of phenols is 2. The Balaban J connectivity index is 0.000000666. The Morgan fingerprint density at radius 2 is 1.40 bits per heavy atom. The number of benzene rings is 2. The molecule has 1 heterocycles. The Labute approximate surface area is 275 Å². The highest BCUT2D eigenvalue weighted by molar-refractivity contribution is 6.08. The molecular weight excluding hydrogens is 644 g/mol. The van der Waals surface area contributed by atoms with Crippen molar-refractivity contribution in [3.63, 3.8) is 0 Å². The fraction of sp³-hybridized carbons (Fsp3) is 0.414. The Bertz CT molecular complexity index is 1290. The number of carbonyl (C=O) groups excluding carboxylic acids is 5. The molecule has 2 aromatic rings. The first kappa shape index (κ1) is 43.0. The molecule has 0 aromatic heterocycles. The summed E-state index contributed by atoms with van der Waals surface area (Å²) in [5.41, 5.74) is -1.38. The van der Waals surface area contributed by atoms with Gasteiger partial charge >= 0.3 is 24.0 Å². The van der Waals surface area contributed by atoms with E-state index >= 15 is 0 Å². The van der Waals surface area contributed by atoms with Gasteiger partial charge in [-0.1, -0.05) is 6.92 Å². The molecule has 3 rings (SSSR count). The van der Waals surface area contributed by atoms with Crippen molar-refractivity contribution in [2.75, 3.05) is 47.1 Å². The summed E-state index contributed by atoms with van der Waals surface area (Å²) >= 11 is 0. The summed E-state index contributed by atoms with van der Waals surface area (Å²) in [6, 6.07) is 9.73. The van der Waals surface area contributed by atoms with E-state index in [0.717, 1.165) is 6.42 Å². The van der Waals surface area contributed by atoms with Crippen LogP contribution in [0.1, 0.15) is 41.0 Å². The smallest absolute Gasteiger partial charge is 0.338 e. The number of rotatable bonds is 10. The van der Waals surface area contributed by atoms with Gasteiger partial charge in [0.25, 0.3) is 5.91 Å². The second-order valence-corrected chi connectivity index (χ2v) is 9.27. The highest BCUT2D eigenvalue weighted by Gasteiger charge is 2.58. The molecule has 268 valence electrons. The molecule has 1 fully saturated rings. The number of urea groups is 2. The molecule has 48 heavy (non-hydrogen) atoms. The van der Waals surface area contributed by atoms with Gasteiger partial charge in [-0.05, 0) is 61.9 Å². The third kappa shape index (κ3) is 13.0. The molecule has 2 atom stereocenters. The number of amides is 5. The van der Waals surface area contributed by atoms with Crippen molar-refractivity contribution in [1.82, 2.24) is 20.4 Å². The summed E-state index contributed by atoms with van der Waals surface area (Å²) < 4.78 is 9.35. The van der Waals surface area contributed by atoms with E-state index in [1.807, 2.05) is 12.2 Å². The highest BCUT2D eigenvalue weighted by Crippen LogP contribution is 2.25. The molecule has 1 aliphatic heterocycles. The lowest BCUT2D eigenvalue weighted by Gasteiger charge is -2.40. The molecule has 2 unspecified atom stereocenters. The zero-order valence-electron chi connectivity index (χ0n) is 26.5. The Hall–Kier alpha value is -5.05. The fourth-order valence-electron chi connectivity index (χ4n) is 3.35. The van der Waals surface area contributed by atoms with Gasteiger partial charge in [0.15, 0.2) is 0 Å². The van der Waals surface area contributed by atoms with Crippen molar-refractivity contribution in [1.29, 1.82) is 0 Å². The van der Waals surface area contributed by atoms with Crippen LogP contribution < -0.4 is 10.6 Å². The normalized spacial score (nSPS) is 15.1. The summed E-state index contributed by atoms with van der Waals surface area (Å²) in [5.74, 6) is -1.55. The minimum Gasteiger partial charge on any atom is -0.508 e. The van der Waals surface area contributed by atoms with Crippen LogP contribution in [0.3, 0.4) is 0 Å². The van der Waals surface area contributed by atoms with Gasteiger partial charge in [0, 0.05) is 0 Å². The summed E-state index contributed by atoms with van der Waals surface area (Å²) in [6.07, 6.45) is 0.249. The fourth-order valence-corrected chi connectivity index (χ4v) is 3.35. The molecule has 5 amide bonds. The van der Waals surface area contributed by atoms with E-state index in [4.69, 9.17) is 40.5 Å². The van der Waals surface area contributed by atoms with Gasteiger partial charge in [-0.15, -0.1) is 0 Å². The standard InChI is InChI=1S/C10H12O3.C8H14N4O7.C8H8O3.C3H8O2/c1-2-7-13-10(12)8-3-5-9(11)6-4-8;13-1-8(11(3-15)6(18)9-2-14)5(17)10-7(19)12(8)4-16;1-11-8(10)6-2-4-7(9)5-3-6;1-3(5)2-4/h3-6,11H,2,7H2,1H3;13-16H,1-4H2,(H,9,18)(H,10,17,19);2-5,9H,1H3;3-5H,2H2,1H3. The van der Waals surface area contributed by atoms with Crippen molar-refractivity contribution in [2.24, 2.45) is 0 Å². The molecule has 19 nitrogen and oxygen atoms in total. The molecule has 0 saturated carbocycles. The predicted molar refractivity (Wildman–Crippen MR) is 164 cm³/mol. The van der Waals surface area contributed by atoms with Crippen LogP contribution in [0.15, 0.2) is 48.5 Å². The topological polar surface area (TPSA) is 296 Å². The second-order valence-electron chi connectivity index (χ2n) is 9.27. The number of hydrogen-bond donors (Lipinski definition) is 10. The minimum atomic E-state index is -2.28. The van der Waals surface area contributed by atoms with Gasteiger partial charge in [0.1, 0.15) is 31.7 Å². The number of aliphatic hydroxyl groups is 6. The van der Waals surface area contributed by atoms with E-state index in [-0.39, 0.29) is 24.1 Å². The molecule has 2 aromatic carbocycles. The Morgan fingerprint density at radius 1 is 0.917 bits per heavy atom. The van der Waals surface area contributed by atoms with Gasteiger partial charge in [0.05, 0.1) is 44.2 Å². The van der Waals surface area contributed by atoms with Crippen LogP contribution >= 0.6 is 0 Å². The lowest BCUT2D eigenvalue weighted by atomic mass is 10.1. The van der Waals surface area contributed by atoms with E-state index in [1.54, 1.807) is 5.32 Å². The maximum absolute atomic E-state index is 11.8. The van der Waals surface area contributed by atoms with Gasteiger partial charge in [-0.2, -0.15) is 0 Å². The minimum absolute atomic E-state index is 0.137. The summed E-state index contributed by atoms with van der Waals surface area (Å²) in [7, 11) is 1.31. The van der Waals surface area contributed by atoms with Gasteiger partial charge < -0.3 is 55.6 Å². The molecule has 0 spiro atoms. The molecule has 1 saturated heterocycles. The van der Waals surface area contributed by atoms with Crippen LogP contribution in [0.5, 0.6) is 11.5 Å². The number of carbonyl (C=O) groups is 5. The number of esters is 2. The van der Waals surface area contributed by atoms with Crippen molar-refractivity contribution in [2.45, 2.75) is 32.0 Å². The van der Waals surface area contributed by atoms with E-state index in [0.29, 0.717) is 27.5 Å². The molecule has 0 aliphatic carbocycles. The van der Waals surface area contributed by atoms with E-state index in [9.17, 15) is 29.1 Å². The maximum atomic E-state index is 11.8. The lowest BCUT2D eigenvalue weighted by Crippen LogP contribution is -2.68. The number of methoxy groups -OCH3 is 1. The SMILES string of the molecule is CC(O)CO.CCCOC(=O)c1ccc(O)cc1.COC(=O)c1ccc(O)cc1.O=C(NCO)N(CO)C1(CO)C(=O)NC(=O)N1CO. The van der Waals surface area contributed by atoms with Crippen molar-refractivity contribution < 1.29 is 74.3 Å². The molecular formula is C29H42N4O15. The number of imide groups is 1. The van der Waals surface area contributed by atoms with Crippen LogP contribution in [0, 0.1) is 0 Å². The van der Waals surface area contributed by atoms with E-state index < -0.39 is 62.5 Å². The molecule has 19 heteroatoms. The second kappa shape index (κ2) is 22.5. The number of nitrogens with one attached hydrogen (secondary N) is 2. The van der Waals surface area contributed by atoms with Crippen LogP contribution in [0.2, 0.25) is 0 Å².